The molecule has 0 aliphatic heterocycles. The van der Waals surface area contributed by atoms with Crippen molar-refractivity contribution in [3.8, 4) is 0 Å². The maximum atomic E-state index is 11.6. The highest BCUT2D eigenvalue weighted by Crippen LogP contribution is 2.24. The highest BCUT2D eigenvalue weighted by Gasteiger charge is 2.25. The maximum Gasteiger partial charge on any atom is 0.303 e. The van der Waals surface area contributed by atoms with Crippen molar-refractivity contribution in [1.82, 2.24) is 5.32 Å². The molecule has 5 nitrogen and oxygen atoms in total. The number of hydrogen-bond donors (Lipinski definition) is 3. The summed E-state index contributed by atoms with van der Waals surface area (Å²) in [6.07, 6.45) is 4.71. The number of carbonyl (C=O) groups excluding carboxylic acids is 1. The topological polar surface area (TPSA) is 86.6 Å². The van der Waals surface area contributed by atoms with Crippen molar-refractivity contribution in [2.45, 2.75) is 51.0 Å². The number of nitrogens with one attached hydrogen (secondary N) is 1. The molecule has 0 bridgehead atoms. The van der Waals surface area contributed by atoms with Crippen LogP contribution in [0.25, 0.3) is 0 Å². The summed E-state index contributed by atoms with van der Waals surface area (Å²) in [5, 5.41) is 20.6. The van der Waals surface area contributed by atoms with Crippen LogP contribution in [0, 0.1) is 5.92 Å². The summed E-state index contributed by atoms with van der Waals surface area (Å²) in [5.74, 6) is -0.813. The van der Waals surface area contributed by atoms with Gasteiger partial charge in [-0.3, -0.25) is 9.59 Å². The molecule has 1 fully saturated rings. The van der Waals surface area contributed by atoms with Crippen LogP contribution >= 0.6 is 0 Å². The standard InChI is InChI=1S/C12H21NO4/c14-8-9-4-1-2-5-10(9)13-11(15)6-3-7-12(16)17/h9-10,14H,1-8H2,(H,13,15)(H,16,17). The van der Waals surface area contributed by atoms with Crippen molar-refractivity contribution in [1.29, 1.82) is 0 Å². The van der Waals surface area contributed by atoms with Crippen LogP contribution in [-0.2, 0) is 9.59 Å². The number of carboxylic acid groups (broad SMARTS) is 1. The molecule has 3 N–H and O–H groups in total. The Hall–Kier alpha value is -1.10. The molecule has 1 saturated carbocycles. The lowest BCUT2D eigenvalue weighted by Crippen LogP contribution is -2.43. The smallest absolute Gasteiger partial charge is 0.303 e. The zero-order chi connectivity index (χ0) is 12.7. The third-order valence-electron chi connectivity index (χ3n) is 3.28. The van der Waals surface area contributed by atoms with Crippen molar-refractivity contribution in [2.75, 3.05) is 6.61 Å². The molecule has 0 heterocycles. The summed E-state index contributed by atoms with van der Waals surface area (Å²) >= 11 is 0. The fraction of sp³-hybridized carbons (Fsp3) is 0.833. The molecule has 0 aromatic rings. The van der Waals surface area contributed by atoms with Crippen molar-refractivity contribution in [2.24, 2.45) is 5.92 Å². The zero-order valence-corrected chi connectivity index (χ0v) is 10.0. The first kappa shape index (κ1) is 14.0. The highest BCUT2D eigenvalue weighted by molar-refractivity contribution is 5.77. The van der Waals surface area contributed by atoms with Crippen LogP contribution in [0.4, 0.5) is 0 Å². The quantitative estimate of drug-likeness (QED) is 0.647. The van der Waals surface area contributed by atoms with Gasteiger partial charge in [0.15, 0.2) is 0 Å². The fourth-order valence-electron chi connectivity index (χ4n) is 2.30. The van der Waals surface area contributed by atoms with Crippen LogP contribution in [0.2, 0.25) is 0 Å². The largest absolute Gasteiger partial charge is 0.481 e. The Balaban J connectivity index is 2.26. The van der Waals surface area contributed by atoms with Crippen molar-refractivity contribution in [3.05, 3.63) is 0 Å². The van der Waals surface area contributed by atoms with E-state index in [1.807, 2.05) is 0 Å². The molecule has 17 heavy (non-hydrogen) atoms. The Kier molecular flexibility index (Phi) is 5.97. The van der Waals surface area contributed by atoms with Crippen LogP contribution < -0.4 is 5.32 Å². The molecule has 5 heteroatoms. The number of aliphatic hydroxyl groups excluding tert-OH is 1. The van der Waals surface area contributed by atoms with E-state index in [9.17, 15) is 14.7 Å². The van der Waals surface area contributed by atoms with Gasteiger partial charge in [0.25, 0.3) is 0 Å². The molecule has 1 aliphatic carbocycles. The van der Waals surface area contributed by atoms with E-state index in [-0.39, 0.29) is 37.3 Å². The summed E-state index contributed by atoms with van der Waals surface area (Å²) in [7, 11) is 0. The molecule has 0 saturated heterocycles. The second kappa shape index (κ2) is 7.27. The summed E-state index contributed by atoms with van der Waals surface area (Å²) in [6.45, 7) is 0.111. The monoisotopic (exact) mass is 243 g/mol. The molecule has 2 atom stereocenters. The van der Waals surface area contributed by atoms with Gasteiger partial charge in [0, 0.05) is 31.4 Å². The van der Waals surface area contributed by atoms with Crippen LogP contribution in [0.1, 0.15) is 44.9 Å². The van der Waals surface area contributed by atoms with Gasteiger partial charge in [-0.1, -0.05) is 12.8 Å². The molecule has 0 radical (unpaired) electrons. The van der Waals surface area contributed by atoms with Crippen LogP contribution in [0.3, 0.4) is 0 Å². The highest BCUT2D eigenvalue weighted by atomic mass is 16.4. The number of hydrogen-bond acceptors (Lipinski definition) is 3. The van der Waals surface area contributed by atoms with E-state index < -0.39 is 5.97 Å². The first-order valence-corrected chi connectivity index (χ1v) is 6.25. The van der Waals surface area contributed by atoms with E-state index >= 15 is 0 Å². The Bertz CT molecular complexity index is 267. The van der Waals surface area contributed by atoms with Crippen molar-refractivity contribution < 1.29 is 19.8 Å². The predicted molar refractivity (Wildman–Crippen MR) is 62.5 cm³/mol. The molecule has 1 aliphatic rings. The minimum absolute atomic E-state index is 0.0293. The van der Waals surface area contributed by atoms with E-state index in [0.717, 1.165) is 25.7 Å². The third-order valence-corrected chi connectivity index (χ3v) is 3.28. The molecular formula is C12H21NO4. The van der Waals surface area contributed by atoms with Gasteiger partial charge in [0.05, 0.1) is 0 Å². The van der Waals surface area contributed by atoms with Crippen LogP contribution in [0.15, 0.2) is 0 Å². The second-order valence-electron chi connectivity index (χ2n) is 4.65. The van der Waals surface area contributed by atoms with Gasteiger partial charge in [-0.2, -0.15) is 0 Å². The van der Waals surface area contributed by atoms with E-state index in [1.54, 1.807) is 0 Å². The summed E-state index contributed by atoms with van der Waals surface area (Å²) < 4.78 is 0. The third kappa shape index (κ3) is 5.17. The van der Waals surface area contributed by atoms with E-state index in [2.05, 4.69) is 5.32 Å². The predicted octanol–water partition coefficient (Wildman–Crippen LogP) is 0.909. The Morgan fingerprint density at radius 1 is 1.18 bits per heavy atom. The number of amides is 1. The van der Waals surface area contributed by atoms with Crippen LogP contribution in [-0.4, -0.2) is 34.7 Å². The average Bonchev–Trinajstić information content (AvgIpc) is 2.29. The Labute approximate surface area is 101 Å². The SMILES string of the molecule is O=C(O)CCCC(=O)NC1CCCCC1CO. The van der Waals surface area contributed by atoms with E-state index in [1.165, 1.54) is 0 Å². The maximum absolute atomic E-state index is 11.6. The molecular weight excluding hydrogens is 222 g/mol. The molecule has 2 unspecified atom stereocenters. The lowest BCUT2D eigenvalue weighted by atomic mass is 9.85. The van der Waals surface area contributed by atoms with Gasteiger partial charge >= 0.3 is 5.97 Å². The molecule has 0 aromatic carbocycles. The van der Waals surface area contributed by atoms with Gasteiger partial charge in [-0.05, 0) is 19.3 Å². The zero-order valence-electron chi connectivity index (χ0n) is 10.0. The number of aliphatic hydroxyl groups is 1. The lowest BCUT2D eigenvalue weighted by Gasteiger charge is -2.30. The van der Waals surface area contributed by atoms with Crippen molar-refractivity contribution in [3.63, 3.8) is 0 Å². The molecule has 0 aromatic heterocycles. The Morgan fingerprint density at radius 3 is 2.53 bits per heavy atom. The van der Waals surface area contributed by atoms with Crippen LogP contribution in [0.5, 0.6) is 0 Å². The van der Waals surface area contributed by atoms with Gasteiger partial charge in [-0.15, -0.1) is 0 Å². The molecule has 0 spiro atoms. The fourth-order valence-corrected chi connectivity index (χ4v) is 2.30. The number of aliphatic carboxylic acids is 1. The number of carboxylic acids is 1. The summed E-state index contributed by atoms with van der Waals surface area (Å²) in [5.41, 5.74) is 0. The molecule has 98 valence electrons. The average molecular weight is 243 g/mol. The minimum Gasteiger partial charge on any atom is -0.481 e. The number of rotatable bonds is 6. The van der Waals surface area contributed by atoms with Gasteiger partial charge in [-0.25, -0.2) is 0 Å². The minimum atomic E-state index is -0.872. The normalized spacial score (nSPS) is 24.3. The number of carbonyl (C=O) groups is 2. The second-order valence-corrected chi connectivity index (χ2v) is 4.65. The first-order valence-electron chi connectivity index (χ1n) is 6.25. The summed E-state index contributed by atoms with van der Waals surface area (Å²) in [4.78, 5) is 21.9. The van der Waals surface area contributed by atoms with Gasteiger partial charge in [0.2, 0.25) is 5.91 Å². The van der Waals surface area contributed by atoms with Gasteiger partial charge < -0.3 is 15.5 Å². The summed E-state index contributed by atoms with van der Waals surface area (Å²) in [6, 6.07) is 0.0612. The molecule has 1 amide bonds. The Morgan fingerprint density at radius 2 is 1.88 bits per heavy atom. The lowest BCUT2D eigenvalue weighted by molar-refractivity contribution is -0.137. The van der Waals surface area contributed by atoms with E-state index in [0.29, 0.717) is 6.42 Å². The van der Waals surface area contributed by atoms with Crippen molar-refractivity contribution >= 4 is 11.9 Å². The van der Waals surface area contributed by atoms with Gasteiger partial charge in [0.1, 0.15) is 0 Å². The van der Waals surface area contributed by atoms with E-state index in [4.69, 9.17) is 5.11 Å². The molecule has 1 rings (SSSR count). The first-order chi connectivity index (χ1) is 8.13.